The standard InChI is InChI=1S/C18H24O10/c19-13(20)7-3-1-5-9-15(23)27-17(25)11-12-18(26)28-16(24)10-6-2-4-8-14(21)22/h11-12H,1-10H2,(H,19,20)(H,21,22)/b12-11-. The van der Waals surface area contributed by atoms with Gasteiger partial charge in [0, 0.05) is 37.8 Å². The Kier molecular flexibility index (Phi) is 13.4. The molecule has 0 unspecified atom stereocenters. The Balaban J connectivity index is 3.91. The maximum absolute atomic E-state index is 11.4. The molecule has 0 saturated heterocycles. The van der Waals surface area contributed by atoms with Crippen LogP contribution in [0.2, 0.25) is 0 Å². The van der Waals surface area contributed by atoms with Gasteiger partial charge in [0.25, 0.3) is 0 Å². The van der Waals surface area contributed by atoms with Crippen molar-refractivity contribution in [3.05, 3.63) is 12.2 Å². The van der Waals surface area contributed by atoms with Crippen molar-refractivity contribution < 1.29 is 48.5 Å². The van der Waals surface area contributed by atoms with Crippen molar-refractivity contribution in [2.75, 3.05) is 0 Å². The number of rotatable bonds is 14. The second kappa shape index (κ2) is 15.1. The number of carboxylic acid groups (broad SMARTS) is 2. The Labute approximate surface area is 161 Å². The maximum atomic E-state index is 11.4. The minimum Gasteiger partial charge on any atom is -0.481 e. The summed E-state index contributed by atoms with van der Waals surface area (Å²) >= 11 is 0. The Morgan fingerprint density at radius 1 is 0.536 bits per heavy atom. The third-order valence-corrected chi connectivity index (χ3v) is 3.33. The molecule has 0 aromatic rings. The topological polar surface area (TPSA) is 161 Å². The van der Waals surface area contributed by atoms with Crippen molar-refractivity contribution in [2.45, 2.75) is 64.2 Å². The van der Waals surface area contributed by atoms with Gasteiger partial charge in [-0.1, -0.05) is 12.8 Å². The summed E-state index contributed by atoms with van der Waals surface area (Å²) in [5.74, 6) is -5.65. The maximum Gasteiger partial charge on any atom is 0.338 e. The Bertz CT molecular complexity index is 553. The fourth-order valence-electron chi connectivity index (χ4n) is 1.98. The lowest BCUT2D eigenvalue weighted by atomic mass is 10.1. The van der Waals surface area contributed by atoms with E-state index >= 15 is 0 Å². The van der Waals surface area contributed by atoms with Gasteiger partial charge < -0.3 is 19.7 Å². The van der Waals surface area contributed by atoms with Gasteiger partial charge in [0.2, 0.25) is 0 Å². The van der Waals surface area contributed by atoms with Crippen LogP contribution in [0.5, 0.6) is 0 Å². The van der Waals surface area contributed by atoms with Crippen molar-refractivity contribution in [2.24, 2.45) is 0 Å². The number of hydrogen-bond acceptors (Lipinski definition) is 8. The molecule has 0 aromatic heterocycles. The van der Waals surface area contributed by atoms with Crippen molar-refractivity contribution in [1.29, 1.82) is 0 Å². The minimum absolute atomic E-state index is 0.000117. The van der Waals surface area contributed by atoms with Crippen molar-refractivity contribution in [3.8, 4) is 0 Å². The van der Waals surface area contributed by atoms with Crippen LogP contribution in [0.1, 0.15) is 64.2 Å². The molecule has 10 heteroatoms. The van der Waals surface area contributed by atoms with Gasteiger partial charge in [-0.25, -0.2) is 9.59 Å². The largest absolute Gasteiger partial charge is 0.481 e. The summed E-state index contributed by atoms with van der Waals surface area (Å²) in [5, 5.41) is 16.9. The number of esters is 4. The Hall–Kier alpha value is -3.04. The number of unbranched alkanes of at least 4 members (excludes halogenated alkanes) is 4. The van der Waals surface area contributed by atoms with Crippen LogP contribution >= 0.6 is 0 Å². The summed E-state index contributed by atoms with van der Waals surface area (Å²) < 4.78 is 8.85. The SMILES string of the molecule is O=C(O)CCCCCC(=O)OC(=O)/C=C\C(=O)OC(=O)CCCCCC(=O)O. The van der Waals surface area contributed by atoms with E-state index in [0.717, 1.165) is 0 Å². The van der Waals surface area contributed by atoms with Gasteiger partial charge >= 0.3 is 35.8 Å². The average Bonchev–Trinajstić information content (AvgIpc) is 2.58. The Morgan fingerprint density at radius 3 is 1.18 bits per heavy atom. The number of ether oxygens (including phenoxy) is 2. The number of carbonyl (C=O) groups excluding carboxylic acids is 4. The molecular formula is C18H24O10. The van der Waals surface area contributed by atoms with E-state index in [-0.39, 0.29) is 25.7 Å². The minimum atomic E-state index is -1.09. The quantitative estimate of drug-likeness (QED) is 0.190. The molecule has 0 heterocycles. The average molecular weight is 400 g/mol. The Morgan fingerprint density at radius 2 is 0.857 bits per heavy atom. The molecule has 0 rings (SSSR count). The van der Waals surface area contributed by atoms with Gasteiger partial charge in [-0.3, -0.25) is 19.2 Å². The smallest absolute Gasteiger partial charge is 0.338 e. The monoisotopic (exact) mass is 400 g/mol. The second-order valence-electron chi connectivity index (χ2n) is 5.83. The number of carbonyl (C=O) groups is 6. The number of hydrogen-bond donors (Lipinski definition) is 2. The highest BCUT2D eigenvalue weighted by Crippen LogP contribution is 2.05. The zero-order chi connectivity index (χ0) is 21.4. The molecule has 0 atom stereocenters. The van der Waals surface area contributed by atoms with Crippen LogP contribution in [0.15, 0.2) is 12.2 Å². The highest BCUT2D eigenvalue weighted by molar-refractivity contribution is 5.98. The molecule has 0 bridgehead atoms. The van der Waals surface area contributed by atoms with Gasteiger partial charge in [0.05, 0.1) is 0 Å². The summed E-state index contributed by atoms with van der Waals surface area (Å²) in [4.78, 5) is 66.1. The summed E-state index contributed by atoms with van der Waals surface area (Å²) in [6, 6.07) is 0. The highest BCUT2D eigenvalue weighted by atomic mass is 16.6. The lowest BCUT2D eigenvalue weighted by Crippen LogP contribution is -2.12. The van der Waals surface area contributed by atoms with E-state index in [0.29, 0.717) is 50.7 Å². The van der Waals surface area contributed by atoms with E-state index in [1.807, 2.05) is 0 Å². The molecule has 0 fully saturated rings. The van der Waals surface area contributed by atoms with Crippen LogP contribution < -0.4 is 0 Å². The van der Waals surface area contributed by atoms with Crippen LogP contribution in [0.4, 0.5) is 0 Å². The van der Waals surface area contributed by atoms with E-state index in [9.17, 15) is 28.8 Å². The van der Waals surface area contributed by atoms with Gasteiger partial charge in [-0.2, -0.15) is 0 Å². The first-order valence-electron chi connectivity index (χ1n) is 8.81. The van der Waals surface area contributed by atoms with Crippen molar-refractivity contribution in [1.82, 2.24) is 0 Å². The molecule has 0 aliphatic heterocycles. The van der Waals surface area contributed by atoms with E-state index in [4.69, 9.17) is 10.2 Å². The number of aliphatic carboxylic acids is 2. The molecule has 0 aliphatic carbocycles. The van der Waals surface area contributed by atoms with Crippen LogP contribution in [0.25, 0.3) is 0 Å². The van der Waals surface area contributed by atoms with Crippen LogP contribution in [-0.4, -0.2) is 46.0 Å². The molecular weight excluding hydrogens is 376 g/mol. The summed E-state index contributed by atoms with van der Waals surface area (Å²) in [6.07, 6.45) is 3.74. The fourth-order valence-corrected chi connectivity index (χ4v) is 1.98. The molecule has 2 N–H and O–H groups in total. The lowest BCUT2D eigenvalue weighted by Gasteiger charge is -2.01. The first-order chi connectivity index (χ1) is 13.2. The van der Waals surface area contributed by atoms with E-state index in [1.165, 1.54) is 0 Å². The van der Waals surface area contributed by atoms with Gasteiger partial charge in [-0.15, -0.1) is 0 Å². The van der Waals surface area contributed by atoms with Crippen LogP contribution in [0, 0.1) is 0 Å². The van der Waals surface area contributed by atoms with Gasteiger partial charge in [0.15, 0.2) is 0 Å². The zero-order valence-corrected chi connectivity index (χ0v) is 15.4. The number of carboxylic acids is 2. The fraction of sp³-hybridized carbons (Fsp3) is 0.556. The molecule has 156 valence electrons. The molecule has 0 amide bonds. The summed E-state index contributed by atoms with van der Waals surface area (Å²) in [7, 11) is 0. The molecule has 10 nitrogen and oxygen atoms in total. The summed E-state index contributed by atoms with van der Waals surface area (Å²) in [6.45, 7) is 0. The third kappa shape index (κ3) is 16.4. The molecule has 0 aromatic carbocycles. The highest BCUT2D eigenvalue weighted by Gasteiger charge is 2.11. The first-order valence-corrected chi connectivity index (χ1v) is 8.81. The van der Waals surface area contributed by atoms with Crippen LogP contribution in [0.3, 0.4) is 0 Å². The predicted molar refractivity (Wildman–Crippen MR) is 92.8 cm³/mol. The molecule has 0 spiro atoms. The van der Waals surface area contributed by atoms with E-state index in [2.05, 4.69) is 9.47 Å². The van der Waals surface area contributed by atoms with Crippen molar-refractivity contribution >= 4 is 35.8 Å². The van der Waals surface area contributed by atoms with E-state index < -0.39 is 35.8 Å². The normalized spacial score (nSPS) is 10.4. The van der Waals surface area contributed by atoms with Crippen molar-refractivity contribution in [3.63, 3.8) is 0 Å². The second-order valence-corrected chi connectivity index (χ2v) is 5.83. The lowest BCUT2D eigenvalue weighted by molar-refractivity contribution is -0.159. The first kappa shape index (κ1) is 25.0. The molecule has 0 saturated carbocycles. The van der Waals surface area contributed by atoms with Gasteiger partial charge in [-0.05, 0) is 25.7 Å². The zero-order valence-electron chi connectivity index (χ0n) is 15.4. The molecule has 28 heavy (non-hydrogen) atoms. The third-order valence-electron chi connectivity index (χ3n) is 3.33. The predicted octanol–water partition coefficient (Wildman–Crippen LogP) is 1.75. The molecule has 0 aliphatic rings. The van der Waals surface area contributed by atoms with Crippen LogP contribution in [-0.2, 0) is 38.2 Å². The van der Waals surface area contributed by atoms with Gasteiger partial charge in [0.1, 0.15) is 0 Å². The van der Waals surface area contributed by atoms with E-state index in [1.54, 1.807) is 0 Å². The molecule has 0 radical (unpaired) electrons. The summed E-state index contributed by atoms with van der Waals surface area (Å²) in [5.41, 5.74) is 0.